The monoisotopic (exact) mass is 651 g/mol. The van der Waals surface area contributed by atoms with Crippen LogP contribution in [0.3, 0.4) is 0 Å². The van der Waals surface area contributed by atoms with Crippen molar-refractivity contribution in [3.05, 3.63) is 176 Å². The average Bonchev–Trinajstić information content (AvgIpc) is 3.59. The topological polar surface area (TPSA) is 51.8 Å². The molecule has 10 aromatic rings. The van der Waals surface area contributed by atoms with Gasteiger partial charge in [0, 0.05) is 27.5 Å². The van der Waals surface area contributed by atoms with Crippen LogP contribution in [0, 0.1) is 0 Å². The largest absolute Gasteiger partial charge is 0.456 e. The van der Waals surface area contributed by atoms with E-state index in [0.717, 1.165) is 55.1 Å². The average molecular weight is 652 g/mol. The van der Waals surface area contributed by atoms with Crippen molar-refractivity contribution in [3.8, 4) is 56.4 Å². The predicted molar refractivity (Wildman–Crippen MR) is 209 cm³/mol. The lowest BCUT2D eigenvalue weighted by Crippen LogP contribution is -2.00. The molecule has 0 radical (unpaired) electrons. The molecule has 238 valence electrons. The van der Waals surface area contributed by atoms with Gasteiger partial charge < -0.3 is 4.42 Å². The van der Waals surface area contributed by atoms with E-state index in [1.54, 1.807) is 0 Å². The summed E-state index contributed by atoms with van der Waals surface area (Å²) in [6.45, 7) is 0. The number of furan rings is 1. The Morgan fingerprint density at radius 2 is 0.882 bits per heavy atom. The molecule has 10 rings (SSSR count). The minimum Gasteiger partial charge on any atom is -0.456 e. The summed E-state index contributed by atoms with van der Waals surface area (Å²) in [7, 11) is 0. The molecular weight excluding hydrogens is 623 g/mol. The van der Waals surface area contributed by atoms with E-state index in [0.29, 0.717) is 17.5 Å². The molecule has 4 heteroatoms. The molecule has 2 heterocycles. The Bertz CT molecular complexity index is 2900. The Hall–Kier alpha value is -6.91. The first kappa shape index (κ1) is 29.0. The Morgan fingerprint density at radius 3 is 1.69 bits per heavy atom. The molecule has 51 heavy (non-hydrogen) atoms. The maximum absolute atomic E-state index is 6.52. The van der Waals surface area contributed by atoms with Gasteiger partial charge in [0.25, 0.3) is 0 Å². The molecule has 0 amide bonds. The first-order valence-corrected chi connectivity index (χ1v) is 17.1. The molecule has 0 unspecified atom stereocenters. The molecule has 4 nitrogen and oxygen atoms in total. The highest BCUT2D eigenvalue weighted by Gasteiger charge is 2.17. The van der Waals surface area contributed by atoms with Gasteiger partial charge in [0.15, 0.2) is 17.5 Å². The van der Waals surface area contributed by atoms with Gasteiger partial charge in [-0.3, -0.25) is 0 Å². The van der Waals surface area contributed by atoms with E-state index in [2.05, 4.69) is 140 Å². The van der Waals surface area contributed by atoms with Crippen LogP contribution < -0.4 is 0 Å². The molecule has 0 atom stereocenters. The van der Waals surface area contributed by atoms with E-state index < -0.39 is 0 Å². The Labute approximate surface area is 294 Å². The van der Waals surface area contributed by atoms with Gasteiger partial charge in [-0.05, 0) is 68.1 Å². The van der Waals surface area contributed by atoms with E-state index in [9.17, 15) is 0 Å². The first-order chi connectivity index (χ1) is 25.2. The van der Waals surface area contributed by atoms with Crippen LogP contribution in [0.1, 0.15) is 0 Å². The van der Waals surface area contributed by atoms with Crippen LogP contribution in [-0.2, 0) is 0 Å². The molecule has 0 aliphatic rings. The third-order valence-electron chi connectivity index (χ3n) is 9.73. The highest BCUT2D eigenvalue weighted by molar-refractivity contribution is 6.13. The number of hydrogen-bond acceptors (Lipinski definition) is 4. The smallest absolute Gasteiger partial charge is 0.164 e. The fourth-order valence-electron chi connectivity index (χ4n) is 7.19. The van der Waals surface area contributed by atoms with E-state index in [-0.39, 0.29) is 0 Å². The van der Waals surface area contributed by atoms with Crippen LogP contribution >= 0.6 is 0 Å². The lowest BCUT2D eigenvalue weighted by molar-refractivity contribution is 0.669. The summed E-state index contributed by atoms with van der Waals surface area (Å²) in [5, 5.41) is 6.95. The van der Waals surface area contributed by atoms with Crippen molar-refractivity contribution < 1.29 is 4.42 Å². The van der Waals surface area contributed by atoms with Crippen LogP contribution in [-0.4, -0.2) is 15.0 Å². The predicted octanol–water partition coefficient (Wildman–Crippen LogP) is 12.4. The van der Waals surface area contributed by atoms with Crippen molar-refractivity contribution in [2.75, 3.05) is 0 Å². The Kier molecular flexibility index (Phi) is 6.78. The molecular formula is C47H29N3O. The van der Waals surface area contributed by atoms with Gasteiger partial charge >= 0.3 is 0 Å². The molecule has 0 bridgehead atoms. The van der Waals surface area contributed by atoms with Crippen LogP contribution in [0.2, 0.25) is 0 Å². The van der Waals surface area contributed by atoms with Crippen molar-refractivity contribution >= 4 is 43.5 Å². The zero-order valence-corrected chi connectivity index (χ0v) is 27.5. The minimum absolute atomic E-state index is 0.596. The molecule has 0 aliphatic heterocycles. The molecule has 0 N–H and O–H groups in total. The number of benzene rings is 8. The highest BCUT2D eigenvalue weighted by Crippen LogP contribution is 2.39. The molecule has 0 aliphatic carbocycles. The lowest BCUT2D eigenvalue weighted by Gasteiger charge is -2.09. The summed E-state index contributed by atoms with van der Waals surface area (Å²) < 4.78 is 6.52. The maximum Gasteiger partial charge on any atom is 0.164 e. The maximum atomic E-state index is 6.52. The highest BCUT2D eigenvalue weighted by atomic mass is 16.3. The van der Waals surface area contributed by atoms with Gasteiger partial charge in [0.1, 0.15) is 11.2 Å². The number of hydrogen-bond donors (Lipinski definition) is 0. The van der Waals surface area contributed by atoms with Crippen LogP contribution in [0.15, 0.2) is 180 Å². The van der Waals surface area contributed by atoms with Crippen molar-refractivity contribution in [1.29, 1.82) is 0 Å². The molecule has 8 aromatic carbocycles. The summed E-state index contributed by atoms with van der Waals surface area (Å²) in [5.74, 6) is 1.85. The molecule has 0 fully saturated rings. The normalized spacial score (nSPS) is 11.5. The van der Waals surface area contributed by atoms with Crippen molar-refractivity contribution in [2.45, 2.75) is 0 Å². The molecule has 0 spiro atoms. The van der Waals surface area contributed by atoms with Gasteiger partial charge in [-0.25, -0.2) is 15.0 Å². The van der Waals surface area contributed by atoms with E-state index in [1.807, 2.05) is 36.4 Å². The second-order valence-corrected chi connectivity index (χ2v) is 12.8. The summed E-state index contributed by atoms with van der Waals surface area (Å²) in [5.41, 5.74) is 9.07. The molecule has 2 aromatic heterocycles. The summed E-state index contributed by atoms with van der Waals surface area (Å²) in [6, 6.07) is 61.2. The van der Waals surface area contributed by atoms with E-state index >= 15 is 0 Å². The zero-order chi connectivity index (χ0) is 33.7. The lowest BCUT2D eigenvalue weighted by atomic mass is 9.94. The van der Waals surface area contributed by atoms with Gasteiger partial charge in [0.05, 0.1) is 0 Å². The van der Waals surface area contributed by atoms with Gasteiger partial charge in [-0.15, -0.1) is 0 Å². The Balaban J connectivity index is 1.07. The summed E-state index contributed by atoms with van der Waals surface area (Å²) in [6.07, 6.45) is 0. The second kappa shape index (κ2) is 11.9. The number of fused-ring (bicyclic) bond motifs is 5. The first-order valence-electron chi connectivity index (χ1n) is 17.1. The van der Waals surface area contributed by atoms with Crippen molar-refractivity contribution in [3.63, 3.8) is 0 Å². The third-order valence-corrected chi connectivity index (χ3v) is 9.73. The number of nitrogens with zero attached hydrogens (tertiary/aromatic N) is 3. The van der Waals surface area contributed by atoms with Crippen molar-refractivity contribution in [1.82, 2.24) is 15.0 Å². The van der Waals surface area contributed by atoms with Crippen molar-refractivity contribution in [2.24, 2.45) is 0 Å². The fourth-order valence-corrected chi connectivity index (χ4v) is 7.19. The minimum atomic E-state index is 0.596. The number of rotatable bonds is 5. The van der Waals surface area contributed by atoms with E-state index in [4.69, 9.17) is 19.4 Å². The molecule has 0 saturated heterocycles. The van der Waals surface area contributed by atoms with Gasteiger partial charge in [-0.1, -0.05) is 152 Å². The second-order valence-electron chi connectivity index (χ2n) is 12.8. The quantitative estimate of drug-likeness (QED) is 0.186. The van der Waals surface area contributed by atoms with Crippen LogP contribution in [0.5, 0.6) is 0 Å². The van der Waals surface area contributed by atoms with Gasteiger partial charge in [0.2, 0.25) is 0 Å². The van der Waals surface area contributed by atoms with E-state index in [1.165, 1.54) is 27.3 Å². The third kappa shape index (κ3) is 5.13. The van der Waals surface area contributed by atoms with Crippen LogP contribution in [0.25, 0.3) is 99.9 Å². The SMILES string of the molecule is c1ccc(-c2nc(-c3ccc4ccccc4c3)nc(-c3ccc4c(c3)oc3cccc(-c5ccc(-c6cccc7ccccc67)cc5)c34)n2)cc1. The number of aromatic nitrogens is 3. The Morgan fingerprint density at radius 1 is 0.314 bits per heavy atom. The summed E-state index contributed by atoms with van der Waals surface area (Å²) in [4.78, 5) is 14.9. The standard InChI is InChI=1S/C47H29N3O/c1-2-12-34(13-3-1)45-48-46(36-25-20-30-10-4-5-14-35(30)28-36)50-47(49-45)37-26-27-41-43(29-37)51-42-19-9-18-40(44(41)42)33-23-21-32(22-24-33)39-17-8-15-31-11-6-7-16-38(31)39/h1-29H. The van der Waals surface area contributed by atoms with Crippen LogP contribution in [0.4, 0.5) is 0 Å². The zero-order valence-electron chi connectivity index (χ0n) is 27.5. The fraction of sp³-hybridized carbons (Fsp3) is 0. The van der Waals surface area contributed by atoms with Gasteiger partial charge in [-0.2, -0.15) is 0 Å². The molecule has 0 saturated carbocycles. The summed E-state index contributed by atoms with van der Waals surface area (Å²) >= 11 is 0.